The van der Waals surface area contributed by atoms with Gasteiger partial charge in [0.05, 0.1) is 12.0 Å². The normalized spacial score (nSPS) is 11.1. The first kappa shape index (κ1) is 15.9. The number of aromatic nitrogens is 2. The van der Waals surface area contributed by atoms with Gasteiger partial charge in [0.1, 0.15) is 16.5 Å². The van der Waals surface area contributed by atoms with E-state index in [2.05, 4.69) is 46.5 Å². The lowest BCUT2D eigenvalue weighted by molar-refractivity contribution is 0.304. The van der Waals surface area contributed by atoms with Crippen molar-refractivity contribution in [3.05, 3.63) is 41.0 Å². The van der Waals surface area contributed by atoms with Crippen LogP contribution < -0.4 is 4.90 Å². The summed E-state index contributed by atoms with van der Waals surface area (Å²) in [5.41, 5.74) is 3.67. The third kappa shape index (κ3) is 3.07. The zero-order valence-corrected chi connectivity index (χ0v) is 14.5. The number of fused-ring (bicyclic) bond motifs is 1. The number of hydrogen-bond acceptors (Lipinski definition) is 5. The second-order valence-corrected chi connectivity index (χ2v) is 6.48. The lowest BCUT2D eigenvalue weighted by Gasteiger charge is -2.19. The molecular weight excluding hydrogens is 306 g/mol. The number of nitrogens with zero attached hydrogens (tertiary/aromatic N) is 3. The molecule has 3 aromatic rings. The fraction of sp³-hybridized carbons (Fsp3) is 0.333. The van der Waals surface area contributed by atoms with Crippen LogP contribution in [0.5, 0.6) is 0 Å². The molecule has 0 saturated heterocycles. The maximum absolute atomic E-state index is 9.25. The lowest BCUT2D eigenvalue weighted by Crippen LogP contribution is -2.23. The van der Waals surface area contributed by atoms with E-state index in [4.69, 9.17) is 0 Å². The Balaban J connectivity index is 2.17. The molecule has 0 aliphatic rings. The highest BCUT2D eigenvalue weighted by molar-refractivity contribution is 7.17. The standard InChI is InChI=1S/C18H21N3OS/c1-4-13-5-7-14(8-6-13)15-11-23-18-16(15)17(19-12(2)20-18)21(3)9-10-22/h5-8,11,22H,4,9-10H2,1-3H3. The second kappa shape index (κ2) is 6.64. The van der Waals surface area contributed by atoms with Crippen LogP contribution in [-0.4, -0.2) is 35.3 Å². The number of anilines is 1. The minimum absolute atomic E-state index is 0.103. The summed E-state index contributed by atoms with van der Waals surface area (Å²) in [7, 11) is 1.96. The largest absolute Gasteiger partial charge is 0.395 e. The average molecular weight is 327 g/mol. The third-order valence-corrected chi connectivity index (χ3v) is 4.87. The van der Waals surface area contributed by atoms with Crippen LogP contribution >= 0.6 is 11.3 Å². The van der Waals surface area contributed by atoms with Gasteiger partial charge in [-0.1, -0.05) is 31.2 Å². The van der Waals surface area contributed by atoms with Gasteiger partial charge in [-0.05, 0) is 24.5 Å². The molecule has 5 heteroatoms. The minimum Gasteiger partial charge on any atom is -0.395 e. The molecule has 23 heavy (non-hydrogen) atoms. The quantitative estimate of drug-likeness (QED) is 0.777. The molecule has 1 N–H and O–H groups in total. The first-order valence-corrected chi connectivity index (χ1v) is 8.69. The van der Waals surface area contributed by atoms with Crippen molar-refractivity contribution in [1.29, 1.82) is 0 Å². The summed E-state index contributed by atoms with van der Waals surface area (Å²) in [5, 5.41) is 12.5. The minimum atomic E-state index is 0.103. The highest BCUT2D eigenvalue weighted by atomic mass is 32.1. The Hall–Kier alpha value is -1.98. The summed E-state index contributed by atoms with van der Waals surface area (Å²) < 4.78 is 0. The molecule has 3 rings (SSSR count). The van der Waals surface area contributed by atoms with E-state index in [-0.39, 0.29) is 6.61 Å². The molecule has 1 aromatic carbocycles. The van der Waals surface area contributed by atoms with Gasteiger partial charge in [0.15, 0.2) is 0 Å². The van der Waals surface area contributed by atoms with Gasteiger partial charge in [-0.3, -0.25) is 0 Å². The van der Waals surface area contributed by atoms with Gasteiger partial charge in [-0.25, -0.2) is 9.97 Å². The Morgan fingerprint density at radius 3 is 2.57 bits per heavy atom. The van der Waals surface area contributed by atoms with Crippen molar-refractivity contribution in [2.45, 2.75) is 20.3 Å². The average Bonchev–Trinajstić information content (AvgIpc) is 2.98. The summed E-state index contributed by atoms with van der Waals surface area (Å²) in [6, 6.07) is 8.67. The van der Waals surface area contributed by atoms with Gasteiger partial charge in [0, 0.05) is 24.5 Å². The number of benzene rings is 1. The number of hydrogen-bond donors (Lipinski definition) is 1. The van der Waals surface area contributed by atoms with Crippen LogP contribution in [-0.2, 0) is 6.42 Å². The van der Waals surface area contributed by atoms with Crippen LogP contribution in [0.3, 0.4) is 0 Å². The smallest absolute Gasteiger partial charge is 0.141 e. The summed E-state index contributed by atoms with van der Waals surface area (Å²) in [6.07, 6.45) is 1.04. The maximum atomic E-state index is 9.25. The van der Waals surface area contributed by atoms with Gasteiger partial charge in [0.25, 0.3) is 0 Å². The van der Waals surface area contributed by atoms with Crippen molar-refractivity contribution in [2.24, 2.45) is 0 Å². The molecule has 0 unspecified atom stereocenters. The van der Waals surface area contributed by atoms with Crippen LogP contribution in [0, 0.1) is 6.92 Å². The van der Waals surface area contributed by atoms with Crippen molar-refractivity contribution >= 4 is 27.4 Å². The van der Waals surface area contributed by atoms with E-state index in [1.165, 1.54) is 11.1 Å². The molecule has 120 valence electrons. The molecule has 2 heterocycles. The molecule has 0 bridgehead atoms. The van der Waals surface area contributed by atoms with Crippen molar-refractivity contribution < 1.29 is 5.11 Å². The Morgan fingerprint density at radius 1 is 1.17 bits per heavy atom. The number of rotatable bonds is 5. The highest BCUT2D eigenvalue weighted by Crippen LogP contribution is 2.38. The van der Waals surface area contributed by atoms with Crippen LogP contribution in [0.25, 0.3) is 21.3 Å². The zero-order valence-electron chi connectivity index (χ0n) is 13.7. The summed E-state index contributed by atoms with van der Waals surface area (Å²) in [4.78, 5) is 12.2. The van der Waals surface area contributed by atoms with Crippen LogP contribution in [0.15, 0.2) is 29.6 Å². The van der Waals surface area contributed by atoms with Crippen molar-refractivity contribution in [3.8, 4) is 11.1 Å². The molecular formula is C18H21N3OS. The zero-order chi connectivity index (χ0) is 16.4. The lowest BCUT2D eigenvalue weighted by atomic mass is 10.0. The van der Waals surface area contributed by atoms with E-state index >= 15 is 0 Å². The van der Waals surface area contributed by atoms with Crippen molar-refractivity contribution in [3.63, 3.8) is 0 Å². The van der Waals surface area contributed by atoms with Gasteiger partial charge in [-0.15, -0.1) is 11.3 Å². The fourth-order valence-corrected chi connectivity index (χ4v) is 3.68. The van der Waals surface area contributed by atoms with Crippen molar-refractivity contribution in [1.82, 2.24) is 9.97 Å². The Labute approximate surface area is 140 Å². The molecule has 2 aromatic heterocycles. The first-order valence-electron chi connectivity index (χ1n) is 7.81. The monoisotopic (exact) mass is 327 g/mol. The first-order chi connectivity index (χ1) is 11.1. The van der Waals surface area contributed by atoms with Crippen LogP contribution in [0.2, 0.25) is 0 Å². The summed E-state index contributed by atoms with van der Waals surface area (Å²) in [5.74, 6) is 1.64. The highest BCUT2D eigenvalue weighted by Gasteiger charge is 2.16. The molecule has 0 atom stereocenters. The molecule has 0 aliphatic heterocycles. The Bertz CT molecular complexity index is 811. The summed E-state index contributed by atoms with van der Waals surface area (Å²) >= 11 is 1.64. The van der Waals surface area contributed by atoms with E-state index in [0.29, 0.717) is 6.54 Å². The van der Waals surface area contributed by atoms with E-state index in [0.717, 1.165) is 33.8 Å². The second-order valence-electron chi connectivity index (χ2n) is 5.62. The Morgan fingerprint density at radius 2 is 1.91 bits per heavy atom. The number of likely N-dealkylation sites (N-methyl/N-ethyl adjacent to an activating group) is 1. The van der Waals surface area contributed by atoms with Gasteiger partial charge in [0.2, 0.25) is 0 Å². The van der Waals surface area contributed by atoms with Gasteiger partial charge < -0.3 is 10.0 Å². The summed E-state index contributed by atoms with van der Waals surface area (Å²) in [6.45, 7) is 4.72. The van der Waals surface area contributed by atoms with Gasteiger partial charge in [-0.2, -0.15) is 0 Å². The molecule has 0 amide bonds. The predicted molar refractivity (Wildman–Crippen MR) is 97.3 cm³/mol. The maximum Gasteiger partial charge on any atom is 0.141 e. The predicted octanol–water partition coefficient (Wildman–Crippen LogP) is 3.66. The molecule has 4 nitrogen and oxygen atoms in total. The Kier molecular flexibility index (Phi) is 4.59. The van der Waals surface area contributed by atoms with E-state index in [9.17, 15) is 5.11 Å². The van der Waals surface area contributed by atoms with E-state index in [1.807, 2.05) is 18.9 Å². The van der Waals surface area contributed by atoms with Crippen LogP contribution in [0.1, 0.15) is 18.3 Å². The van der Waals surface area contributed by atoms with E-state index in [1.54, 1.807) is 11.3 Å². The molecule has 0 spiro atoms. The van der Waals surface area contributed by atoms with Crippen molar-refractivity contribution in [2.75, 3.05) is 25.1 Å². The molecule has 0 saturated carbocycles. The van der Waals surface area contributed by atoms with E-state index < -0.39 is 0 Å². The number of aryl methyl sites for hydroxylation is 2. The van der Waals surface area contributed by atoms with Gasteiger partial charge >= 0.3 is 0 Å². The fourth-order valence-electron chi connectivity index (χ4n) is 2.69. The molecule has 0 aliphatic carbocycles. The number of aliphatic hydroxyl groups excluding tert-OH is 1. The molecule has 0 fully saturated rings. The third-order valence-electron chi connectivity index (χ3n) is 4.00. The topological polar surface area (TPSA) is 49.2 Å². The SMILES string of the molecule is CCc1ccc(-c2csc3nc(C)nc(N(C)CCO)c23)cc1. The van der Waals surface area contributed by atoms with Crippen LogP contribution in [0.4, 0.5) is 5.82 Å². The molecule has 0 radical (unpaired) electrons. The number of aliphatic hydroxyl groups is 1. The number of thiophene rings is 1.